The summed E-state index contributed by atoms with van der Waals surface area (Å²) in [5.41, 5.74) is 0. The minimum Gasteiger partial charge on any atom is -0.343 e. The number of amides is 2. The fourth-order valence-corrected chi connectivity index (χ4v) is 2.25. The van der Waals surface area contributed by atoms with Crippen LogP contribution in [0.15, 0.2) is 0 Å². The lowest BCUT2D eigenvalue weighted by Gasteiger charge is -2.23. The summed E-state index contributed by atoms with van der Waals surface area (Å²) in [5.74, 6) is 0.548. The maximum absolute atomic E-state index is 11.4. The molecule has 0 N–H and O–H groups in total. The van der Waals surface area contributed by atoms with E-state index in [2.05, 4.69) is 0 Å². The number of rotatable bonds is 4. The molecular weight excluding hydrogens is 228 g/mol. The maximum Gasteiger partial charge on any atom is 0.237 e. The Labute approximate surface area is 102 Å². The molecule has 1 aliphatic heterocycles. The number of alkyl halides is 1. The largest absolute Gasteiger partial charge is 0.343 e. The standard InChI is InChI=1S/C11H19ClN2O2/c1-3-13(9(2)15)7-10-4-5-14(8-10)11(16)6-12/h10H,3-8H2,1-2H3/t10-/m0/s1. The molecule has 92 valence electrons. The summed E-state index contributed by atoms with van der Waals surface area (Å²) in [4.78, 5) is 26.2. The third-order valence-corrected chi connectivity index (χ3v) is 3.29. The van der Waals surface area contributed by atoms with Gasteiger partial charge < -0.3 is 9.80 Å². The topological polar surface area (TPSA) is 40.6 Å². The summed E-state index contributed by atoms with van der Waals surface area (Å²) in [6, 6.07) is 0. The molecule has 0 bridgehead atoms. The number of carbonyl (C=O) groups excluding carboxylic acids is 2. The van der Waals surface area contributed by atoms with Crippen molar-refractivity contribution in [2.45, 2.75) is 20.3 Å². The van der Waals surface area contributed by atoms with Gasteiger partial charge in [0, 0.05) is 33.1 Å². The van der Waals surface area contributed by atoms with Crippen molar-refractivity contribution in [3.63, 3.8) is 0 Å². The quantitative estimate of drug-likeness (QED) is 0.693. The van der Waals surface area contributed by atoms with Crippen LogP contribution in [0.4, 0.5) is 0 Å². The minimum absolute atomic E-state index is 0.00459. The minimum atomic E-state index is -0.00459. The Morgan fingerprint density at radius 2 is 2.19 bits per heavy atom. The van der Waals surface area contributed by atoms with Gasteiger partial charge in [-0.3, -0.25) is 9.59 Å². The highest BCUT2D eigenvalue weighted by atomic mass is 35.5. The van der Waals surface area contributed by atoms with Gasteiger partial charge in [0.15, 0.2) is 0 Å². The molecule has 0 aromatic carbocycles. The van der Waals surface area contributed by atoms with E-state index in [0.29, 0.717) is 5.92 Å². The van der Waals surface area contributed by atoms with Crippen molar-refractivity contribution in [1.29, 1.82) is 0 Å². The van der Waals surface area contributed by atoms with Gasteiger partial charge in [-0.15, -0.1) is 11.6 Å². The molecule has 1 heterocycles. The third kappa shape index (κ3) is 3.37. The fourth-order valence-electron chi connectivity index (χ4n) is 2.08. The lowest BCUT2D eigenvalue weighted by atomic mass is 10.1. The smallest absolute Gasteiger partial charge is 0.237 e. The summed E-state index contributed by atoms with van der Waals surface area (Å²) in [6.07, 6.45) is 0.965. The predicted octanol–water partition coefficient (Wildman–Crippen LogP) is 0.942. The fraction of sp³-hybridized carbons (Fsp3) is 0.818. The van der Waals surface area contributed by atoms with Crippen LogP contribution in [0, 0.1) is 5.92 Å². The molecule has 5 heteroatoms. The molecule has 1 aliphatic rings. The Hall–Kier alpha value is -0.770. The molecule has 16 heavy (non-hydrogen) atoms. The van der Waals surface area contributed by atoms with Crippen LogP contribution in [-0.4, -0.2) is 53.7 Å². The van der Waals surface area contributed by atoms with Gasteiger partial charge in [-0.2, -0.15) is 0 Å². The van der Waals surface area contributed by atoms with Gasteiger partial charge in [0.25, 0.3) is 0 Å². The van der Waals surface area contributed by atoms with E-state index in [0.717, 1.165) is 32.6 Å². The van der Waals surface area contributed by atoms with Crippen LogP contribution < -0.4 is 0 Å². The molecule has 0 spiro atoms. The van der Waals surface area contributed by atoms with Gasteiger partial charge in [-0.05, 0) is 19.3 Å². The van der Waals surface area contributed by atoms with Gasteiger partial charge in [0.1, 0.15) is 5.88 Å². The third-order valence-electron chi connectivity index (χ3n) is 3.06. The van der Waals surface area contributed by atoms with Crippen molar-refractivity contribution in [2.24, 2.45) is 5.92 Å². The number of nitrogens with zero attached hydrogens (tertiary/aromatic N) is 2. The normalized spacial score (nSPS) is 19.9. The number of likely N-dealkylation sites (tertiary alicyclic amines) is 1. The van der Waals surface area contributed by atoms with Crippen molar-refractivity contribution >= 4 is 23.4 Å². The summed E-state index contributed by atoms with van der Waals surface area (Å²) >= 11 is 5.51. The molecule has 0 radical (unpaired) electrons. The van der Waals surface area contributed by atoms with Crippen molar-refractivity contribution in [1.82, 2.24) is 9.80 Å². The zero-order chi connectivity index (χ0) is 12.1. The second-order valence-corrected chi connectivity index (χ2v) is 4.45. The average Bonchev–Trinajstić information content (AvgIpc) is 2.72. The lowest BCUT2D eigenvalue weighted by molar-refractivity contribution is -0.129. The van der Waals surface area contributed by atoms with E-state index in [4.69, 9.17) is 11.6 Å². The molecule has 0 unspecified atom stereocenters. The molecule has 1 rings (SSSR count). The molecule has 1 atom stereocenters. The molecule has 1 fully saturated rings. The second kappa shape index (κ2) is 6.09. The Morgan fingerprint density at radius 1 is 1.50 bits per heavy atom. The van der Waals surface area contributed by atoms with Gasteiger partial charge >= 0.3 is 0 Å². The van der Waals surface area contributed by atoms with Crippen molar-refractivity contribution in [3.8, 4) is 0 Å². The van der Waals surface area contributed by atoms with Crippen molar-refractivity contribution < 1.29 is 9.59 Å². The van der Waals surface area contributed by atoms with Crippen molar-refractivity contribution in [2.75, 3.05) is 32.1 Å². The monoisotopic (exact) mass is 246 g/mol. The molecule has 0 aromatic heterocycles. The van der Waals surface area contributed by atoms with E-state index in [9.17, 15) is 9.59 Å². The highest BCUT2D eigenvalue weighted by molar-refractivity contribution is 6.27. The summed E-state index contributed by atoms with van der Waals surface area (Å²) in [5, 5.41) is 0. The molecule has 1 saturated heterocycles. The predicted molar refractivity (Wildman–Crippen MR) is 63.3 cm³/mol. The highest BCUT2D eigenvalue weighted by Crippen LogP contribution is 2.17. The molecule has 0 saturated carbocycles. The van der Waals surface area contributed by atoms with E-state index < -0.39 is 0 Å². The van der Waals surface area contributed by atoms with Crippen LogP contribution in [0.1, 0.15) is 20.3 Å². The Morgan fingerprint density at radius 3 is 2.69 bits per heavy atom. The zero-order valence-electron chi connectivity index (χ0n) is 9.91. The SMILES string of the molecule is CCN(C[C@@H]1CCN(C(=O)CCl)C1)C(C)=O. The summed E-state index contributed by atoms with van der Waals surface area (Å²) in [7, 11) is 0. The molecular formula is C11H19ClN2O2. The van der Waals surface area contributed by atoms with Gasteiger partial charge in [-0.1, -0.05) is 0 Å². The van der Waals surface area contributed by atoms with Crippen LogP contribution in [-0.2, 0) is 9.59 Å². The summed E-state index contributed by atoms with van der Waals surface area (Å²) < 4.78 is 0. The van der Waals surface area contributed by atoms with E-state index in [1.54, 1.807) is 11.8 Å². The van der Waals surface area contributed by atoms with Crippen molar-refractivity contribution in [3.05, 3.63) is 0 Å². The van der Waals surface area contributed by atoms with Gasteiger partial charge in [-0.25, -0.2) is 0 Å². The van der Waals surface area contributed by atoms with E-state index in [-0.39, 0.29) is 17.7 Å². The molecule has 4 nitrogen and oxygen atoms in total. The van der Waals surface area contributed by atoms with Gasteiger partial charge in [0.05, 0.1) is 0 Å². The first kappa shape index (κ1) is 13.3. The van der Waals surface area contributed by atoms with Crippen LogP contribution in [0.25, 0.3) is 0 Å². The Bertz CT molecular complexity index is 271. The number of hydrogen-bond acceptors (Lipinski definition) is 2. The van der Waals surface area contributed by atoms with Gasteiger partial charge in [0.2, 0.25) is 11.8 Å². The second-order valence-electron chi connectivity index (χ2n) is 4.19. The summed E-state index contributed by atoms with van der Waals surface area (Å²) in [6.45, 7) is 6.53. The average molecular weight is 247 g/mol. The molecule has 2 amide bonds. The van der Waals surface area contributed by atoms with Crippen LogP contribution in [0.5, 0.6) is 0 Å². The molecule has 0 aliphatic carbocycles. The first-order valence-electron chi connectivity index (χ1n) is 5.67. The van der Waals surface area contributed by atoms with Crippen LogP contribution in [0.2, 0.25) is 0 Å². The lowest BCUT2D eigenvalue weighted by Crippen LogP contribution is -2.35. The van der Waals surface area contributed by atoms with E-state index in [1.807, 2.05) is 11.8 Å². The highest BCUT2D eigenvalue weighted by Gasteiger charge is 2.27. The first-order valence-corrected chi connectivity index (χ1v) is 6.21. The van der Waals surface area contributed by atoms with E-state index in [1.165, 1.54) is 0 Å². The Kier molecular flexibility index (Phi) is 5.06. The Balaban J connectivity index is 2.41. The maximum atomic E-state index is 11.4. The number of carbonyl (C=O) groups is 2. The van der Waals surface area contributed by atoms with Crippen LogP contribution >= 0.6 is 11.6 Å². The molecule has 0 aromatic rings. The zero-order valence-corrected chi connectivity index (χ0v) is 10.7. The van der Waals surface area contributed by atoms with Crippen LogP contribution in [0.3, 0.4) is 0 Å². The number of halogens is 1. The number of hydrogen-bond donors (Lipinski definition) is 0. The van der Waals surface area contributed by atoms with E-state index >= 15 is 0 Å². The first-order chi connectivity index (χ1) is 7.58.